The van der Waals surface area contributed by atoms with Crippen LogP contribution in [0.25, 0.3) is 0 Å². The minimum atomic E-state index is -1.86. The maximum absolute atomic E-state index is 12.4. The van der Waals surface area contributed by atoms with Crippen LogP contribution in [0.4, 0.5) is 0 Å². The molecule has 2 atom stereocenters. The number of rotatable bonds is 6. The minimum Gasteiger partial charge on any atom is -0.458 e. The molecule has 1 N–H and O–H groups in total. The van der Waals surface area contributed by atoms with Crippen molar-refractivity contribution < 1.29 is 28.9 Å². The first kappa shape index (κ1) is 23.6. The number of hydrogen-bond donors (Lipinski definition) is 1. The van der Waals surface area contributed by atoms with Gasteiger partial charge in [0.2, 0.25) is 6.10 Å². The van der Waals surface area contributed by atoms with Gasteiger partial charge in [0.25, 0.3) is 5.17 Å². The number of aliphatic hydroxyl groups excluding tert-OH is 1. The monoisotopic (exact) mass is 377 g/mol. The van der Waals surface area contributed by atoms with Crippen LogP contribution in [0.1, 0.15) is 55.4 Å². The average molecular weight is 378 g/mol. The Labute approximate surface area is 155 Å². The molecule has 0 aromatic carbocycles. The van der Waals surface area contributed by atoms with Gasteiger partial charge in [-0.25, -0.2) is 9.59 Å². The topological polar surface area (TPSA) is 85.3 Å². The fraction of sp³-hybridized carbons (Fsp3) is 0.824. The van der Waals surface area contributed by atoms with Crippen molar-refractivity contribution in [2.24, 2.45) is 0 Å². The Bertz CT molecular complexity index is 477. The number of aliphatic hydroxyl groups is 1. The van der Waals surface area contributed by atoms with Gasteiger partial charge in [-0.2, -0.15) is 0 Å². The van der Waals surface area contributed by atoms with Crippen molar-refractivity contribution >= 4 is 29.3 Å². The van der Waals surface area contributed by atoms with Gasteiger partial charge in [-0.15, -0.1) is 0 Å². The zero-order chi connectivity index (χ0) is 20.0. The molecule has 0 aromatic rings. The quantitative estimate of drug-likeness (QED) is 0.556. The highest BCUT2D eigenvalue weighted by Gasteiger charge is 2.40. The third kappa shape index (κ3) is 9.02. The number of hydrogen-bond acceptors (Lipinski definition) is 7. The molecule has 0 spiro atoms. The molecule has 0 rings (SSSR count). The van der Waals surface area contributed by atoms with E-state index in [4.69, 9.17) is 26.4 Å². The number of carbonyl (C=O) groups excluding carboxylic acids is 2. The largest absolute Gasteiger partial charge is 0.458 e. The van der Waals surface area contributed by atoms with Crippen LogP contribution >= 0.6 is 12.2 Å². The van der Waals surface area contributed by atoms with Crippen molar-refractivity contribution in [1.29, 1.82) is 0 Å². The summed E-state index contributed by atoms with van der Waals surface area (Å²) in [5.74, 6) is -1.87. The van der Waals surface area contributed by atoms with E-state index in [2.05, 4.69) is 0 Å². The molecule has 0 aromatic heterocycles. The van der Waals surface area contributed by atoms with Gasteiger partial charge in [-0.05, 0) is 67.6 Å². The van der Waals surface area contributed by atoms with Gasteiger partial charge in [-0.3, -0.25) is 0 Å². The van der Waals surface area contributed by atoms with Gasteiger partial charge < -0.3 is 24.2 Å². The molecule has 0 bridgehead atoms. The second-order valence-electron chi connectivity index (χ2n) is 7.49. The van der Waals surface area contributed by atoms with E-state index >= 15 is 0 Å². The Kier molecular flexibility index (Phi) is 8.81. The first-order valence-electron chi connectivity index (χ1n) is 8.31. The fourth-order valence-electron chi connectivity index (χ4n) is 1.75. The summed E-state index contributed by atoms with van der Waals surface area (Å²) >= 11 is 5.16. The van der Waals surface area contributed by atoms with Crippen LogP contribution in [0.5, 0.6) is 0 Å². The van der Waals surface area contributed by atoms with E-state index in [0.29, 0.717) is 13.1 Å². The number of esters is 2. The Morgan fingerprint density at radius 3 is 1.72 bits per heavy atom. The maximum atomic E-state index is 12.4. The molecule has 0 fully saturated rings. The summed E-state index contributed by atoms with van der Waals surface area (Å²) in [4.78, 5) is 26.2. The number of thiocarbonyl (C=S) groups is 1. The van der Waals surface area contributed by atoms with Crippen molar-refractivity contribution in [3.63, 3.8) is 0 Å². The highest BCUT2D eigenvalue weighted by Crippen LogP contribution is 2.16. The number of nitrogens with zero attached hydrogens (tertiary/aromatic N) is 1. The second-order valence-corrected chi connectivity index (χ2v) is 7.84. The van der Waals surface area contributed by atoms with Crippen molar-refractivity contribution in [1.82, 2.24) is 4.90 Å². The molecule has 8 heteroatoms. The van der Waals surface area contributed by atoms with E-state index < -0.39 is 35.3 Å². The van der Waals surface area contributed by atoms with Crippen LogP contribution < -0.4 is 0 Å². The molecule has 0 aliphatic heterocycles. The molecule has 0 unspecified atom stereocenters. The predicted octanol–water partition coefficient (Wildman–Crippen LogP) is 2.04. The Morgan fingerprint density at radius 2 is 1.36 bits per heavy atom. The fourth-order valence-corrected chi connectivity index (χ4v) is 2.11. The zero-order valence-electron chi connectivity index (χ0n) is 16.4. The van der Waals surface area contributed by atoms with Gasteiger partial charge in [0, 0.05) is 13.1 Å². The number of ether oxygens (including phenoxy) is 3. The van der Waals surface area contributed by atoms with Crippen LogP contribution in [0.15, 0.2) is 0 Å². The van der Waals surface area contributed by atoms with Crippen molar-refractivity contribution in [3.05, 3.63) is 0 Å². The Hall–Kier alpha value is -1.41. The predicted molar refractivity (Wildman–Crippen MR) is 98.1 cm³/mol. The molecule has 0 saturated carbocycles. The normalized spacial score (nSPS) is 14.3. The highest BCUT2D eigenvalue weighted by atomic mass is 32.1. The summed E-state index contributed by atoms with van der Waals surface area (Å²) < 4.78 is 15.8. The van der Waals surface area contributed by atoms with E-state index in [9.17, 15) is 14.7 Å². The molecular weight excluding hydrogens is 346 g/mol. The van der Waals surface area contributed by atoms with Gasteiger partial charge in [0.15, 0.2) is 6.10 Å². The highest BCUT2D eigenvalue weighted by molar-refractivity contribution is 7.80. The lowest BCUT2D eigenvalue weighted by molar-refractivity contribution is -0.184. The van der Waals surface area contributed by atoms with Crippen molar-refractivity contribution in [2.75, 3.05) is 13.1 Å². The summed E-state index contributed by atoms with van der Waals surface area (Å²) in [5.41, 5.74) is -1.64. The van der Waals surface area contributed by atoms with Gasteiger partial charge in [0.05, 0.1) is 0 Å². The molecule has 25 heavy (non-hydrogen) atoms. The summed E-state index contributed by atoms with van der Waals surface area (Å²) in [6, 6.07) is 0. The molecule has 7 nitrogen and oxygen atoms in total. The lowest BCUT2D eigenvalue weighted by Gasteiger charge is -2.30. The summed E-state index contributed by atoms with van der Waals surface area (Å²) in [6.07, 6.45) is -3.47. The van der Waals surface area contributed by atoms with Crippen molar-refractivity contribution in [2.45, 2.75) is 78.8 Å². The first-order valence-corrected chi connectivity index (χ1v) is 8.72. The van der Waals surface area contributed by atoms with E-state index in [-0.39, 0.29) is 5.17 Å². The van der Waals surface area contributed by atoms with Crippen LogP contribution in [-0.2, 0) is 23.8 Å². The molecule has 146 valence electrons. The zero-order valence-corrected chi connectivity index (χ0v) is 17.2. The third-order valence-electron chi connectivity index (χ3n) is 2.82. The minimum absolute atomic E-state index is 0.00321. The summed E-state index contributed by atoms with van der Waals surface area (Å²) in [7, 11) is 0. The molecule has 0 aliphatic rings. The molecule has 0 heterocycles. The molecule has 0 radical (unpaired) electrons. The van der Waals surface area contributed by atoms with E-state index in [1.807, 2.05) is 13.8 Å². The van der Waals surface area contributed by atoms with E-state index in [1.54, 1.807) is 46.4 Å². The van der Waals surface area contributed by atoms with Gasteiger partial charge in [-0.1, -0.05) is 0 Å². The van der Waals surface area contributed by atoms with Crippen molar-refractivity contribution in [3.8, 4) is 0 Å². The summed E-state index contributed by atoms with van der Waals surface area (Å²) in [5, 5.41) is 10.3. The van der Waals surface area contributed by atoms with E-state index in [0.717, 1.165) is 0 Å². The van der Waals surface area contributed by atoms with Crippen LogP contribution in [0, 0.1) is 0 Å². The first-order chi connectivity index (χ1) is 11.2. The lowest BCUT2D eigenvalue weighted by Crippen LogP contribution is -2.49. The standard InChI is InChI=1S/C17H31NO6S/c1-9-18(10-2)15(25)22-12(14(21)24-17(6,7)8)11(19)13(20)23-16(3,4)5/h11-12,19H,9-10H2,1-8H3/t11-,12-/m1/s1. The molecule has 0 aliphatic carbocycles. The van der Waals surface area contributed by atoms with E-state index in [1.165, 1.54) is 0 Å². The van der Waals surface area contributed by atoms with Gasteiger partial charge >= 0.3 is 11.9 Å². The summed E-state index contributed by atoms with van der Waals surface area (Å²) in [6.45, 7) is 14.8. The average Bonchev–Trinajstić information content (AvgIpc) is 2.41. The second kappa shape index (κ2) is 9.33. The SMILES string of the molecule is CCN(CC)C(=S)O[C@@H](C(=O)OC(C)(C)C)[C@@H](O)C(=O)OC(C)(C)C. The molecule has 0 saturated heterocycles. The Morgan fingerprint density at radius 1 is 0.960 bits per heavy atom. The smallest absolute Gasteiger partial charge is 0.351 e. The molecular formula is C17H31NO6S. The Balaban J connectivity index is 5.41. The third-order valence-corrected chi connectivity index (χ3v) is 3.18. The van der Waals surface area contributed by atoms with Crippen LogP contribution in [-0.4, -0.2) is 63.6 Å². The lowest BCUT2D eigenvalue weighted by atomic mass is 10.1. The maximum Gasteiger partial charge on any atom is 0.351 e. The van der Waals surface area contributed by atoms with Crippen LogP contribution in [0.3, 0.4) is 0 Å². The number of carbonyl (C=O) groups is 2. The van der Waals surface area contributed by atoms with Crippen LogP contribution in [0.2, 0.25) is 0 Å². The molecule has 0 amide bonds. The van der Waals surface area contributed by atoms with Gasteiger partial charge in [0.1, 0.15) is 11.2 Å².